The number of nitrogens with two attached hydrogens (primary N) is 1. The van der Waals surface area contributed by atoms with Crippen LogP contribution in [0.2, 0.25) is 0 Å². The Kier molecular flexibility index (Phi) is 3.04. The molecule has 3 heteroatoms. The molecular weight excluding hydrogens is 191 g/mol. The van der Waals surface area contributed by atoms with E-state index in [-0.39, 0.29) is 0 Å². The van der Waals surface area contributed by atoms with Gasteiger partial charge < -0.3 is 10.6 Å². The highest BCUT2D eigenvalue weighted by molar-refractivity contribution is 4.97. The molecule has 2 aliphatic rings. The summed E-state index contributed by atoms with van der Waals surface area (Å²) in [6, 6.07) is 0. The van der Waals surface area contributed by atoms with E-state index in [1.165, 1.54) is 0 Å². The summed E-state index contributed by atoms with van der Waals surface area (Å²) in [5.41, 5.74) is 4.73. The molecule has 2 nitrogen and oxygen atoms in total. The van der Waals surface area contributed by atoms with E-state index in [4.69, 9.17) is 5.73 Å². The summed E-state index contributed by atoms with van der Waals surface area (Å²) in [6.45, 7) is 4.64. The van der Waals surface area contributed by atoms with Crippen molar-refractivity contribution in [1.82, 2.24) is 4.90 Å². The molecule has 15 heavy (non-hydrogen) atoms. The normalized spacial score (nSPS) is 46.8. The van der Waals surface area contributed by atoms with Crippen LogP contribution in [0.5, 0.6) is 0 Å². The van der Waals surface area contributed by atoms with Gasteiger partial charge in [-0.25, -0.2) is 4.39 Å². The maximum atomic E-state index is 14.1. The van der Waals surface area contributed by atoms with E-state index in [2.05, 4.69) is 11.9 Å². The molecule has 0 radical (unpaired) electrons. The standard InChI is InChI=1S/C12H23FN2/c1-12(13)5-9-7-15(2)8-10(6-12)11(9)3-4-14/h9-11H,3-8,14H2,1-2H3. The van der Waals surface area contributed by atoms with Gasteiger partial charge in [0.2, 0.25) is 0 Å². The summed E-state index contributed by atoms with van der Waals surface area (Å²) in [6.07, 6.45) is 2.55. The molecule has 2 bridgehead atoms. The summed E-state index contributed by atoms with van der Waals surface area (Å²) >= 11 is 0. The van der Waals surface area contributed by atoms with Crippen LogP contribution in [0.25, 0.3) is 0 Å². The van der Waals surface area contributed by atoms with Crippen molar-refractivity contribution in [2.45, 2.75) is 31.9 Å². The van der Waals surface area contributed by atoms with E-state index in [0.29, 0.717) is 17.8 Å². The second-order valence-electron chi connectivity index (χ2n) is 5.80. The predicted molar refractivity (Wildman–Crippen MR) is 60.4 cm³/mol. The first-order chi connectivity index (χ1) is 7.02. The lowest BCUT2D eigenvalue weighted by Crippen LogP contribution is -2.52. The van der Waals surface area contributed by atoms with Gasteiger partial charge in [-0.2, -0.15) is 0 Å². The van der Waals surface area contributed by atoms with Crippen molar-refractivity contribution in [3.05, 3.63) is 0 Å². The zero-order valence-corrected chi connectivity index (χ0v) is 9.88. The quantitative estimate of drug-likeness (QED) is 0.757. The van der Waals surface area contributed by atoms with Gasteiger partial charge in [0.05, 0.1) is 0 Å². The average molecular weight is 214 g/mol. The van der Waals surface area contributed by atoms with Crippen LogP contribution in [0.4, 0.5) is 4.39 Å². The van der Waals surface area contributed by atoms with Crippen LogP contribution in [0, 0.1) is 17.8 Å². The minimum absolute atomic E-state index is 0.529. The fraction of sp³-hybridized carbons (Fsp3) is 1.00. The van der Waals surface area contributed by atoms with Crippen molar-refractivity contribution in [3.63, 3.8) is 0 Å². The van der Waals surface area contributed by atoms with Gasteiger partial charge in [-0.15, -0.1) is 0 Å². The Balaban J connectivity index is 2.10. The molecule has 1 aliphatic heterocycles. The van der Waals surface area contributed by atoms with Crippen LogP contribution in [0.1, 0.15) is 26.2 Å². The minimum Gasteiger partial charge on any atom is -0.330 e. The van der Waals surface area contributed by atoms with Crippen LogP contribution < -0.4 is 5.73 Å². The van der Waals surface area contributed by atoms with Gasteiger partial charge in [0.1, 0.15) is 5.67 Å². The maximum absolute atomic E-state index is 14.1. The average Bonchev–Trinajstić information content (AvgIpc) is 2.06. The second kappa shape index (κ2) is 4.02. The number of hydrogen-bond acceptors (Lipinski definition) is 2. The maximum Gasteiger partial charge on any atom is 0.109 e. The van der Waals surface area contributed by atoms with Gasteiger partial charge in [0.25, 0.3) is 0 Å². The highest BCUT2D eigenvalue weighted by atomic mass is 19.1. The van der Waals surface area contributed by atoms with E-state index in [0.717, 1.165) is 38.9 Å². The first kappa shape index (κ1) is 11.3. The third-order valence-electron chi connectivity index (χ3n) is 4.18. The van der Waals surface area contributed by atoms with Gasteiger partial charge in [0, 0.05) is 13.1 Å². The smallest absolute Gasteiger partial charge is 0.109 e. The molecule has 0 aromatic carbocycles. The summed E-state index contributed by atoms with van der Waals surface area (Å²) in [5, 5.41) is 0. The van der Waals surface area contributed by atoms with Gasteiger partial charge in [-0.05, 0) is 57.5 Å². The monoisotopic (exact) mass is 214 g/mol. The number of likely N-dealkylation sites (tertiary alicyclic amines) is 1. The van der Waals surface area contributed by atoms with E-state index in [1.807, 2.05) is 0 Å². The molecule has 2 atom stereocenters. The Morgan fingerprint density at radius 3 is 2.33 bits per heavy atom. The number of alkyl halides is 1. The number of fused-ring (bicyclic) bond motifs is 2. The van der Waals surface area contributed by atoms with Crippen molar-refractivity contribution < 1.29 is 4.39 Å². The SMILES string of the molecule is CN1CC2CC(C)(F)CC(C1)C2CCN. The molecule has 1 heterocycles. The summed E-state index contributed by atoms with van der Waals surface area (Å²) < 4.78 is 14.1. The van der Waals surface area contributed by atoms with Gasteiger partial charge in [-0.1, -0.05) is 0 Å². The lowest BCUT2D eigenvalue weighted by atomic mass is 9.63. The number of halogens is 1. The molecule has 2 N–H and O–H groups in total. The van der Waals surface area contributed by atoms with Gasteiger partial charge in [0.15, 0.2) is 0 Å². The highest BCUT2D eigenvalue weighted by Gasteiger charge is 2.46. The molecule has 1 aliphatic carbocycles. The van der Waals surface area contributed by atoms with E-state index in [1.54, 1.807) is 6.92 Å². The molecule has 1 saturated heterocycles. The molecule has 0 aromatic heterocycles. The summed E-state index contributed by atoms with van der Waals surface area (Å²) in [5.74, 6) is 1.73. The topological polar surface area (TPSA) is 29.3 Å². The Labute approximate surface area is 92.0 Å². The van der Waals surface area contributed by atoms with Crippen LogP contribution >= 0.6 is 0 Å². The number of hydrogen-bond donors (Lipinski definition) is 1. The van der Waals surface area contributed by atoms with Crippen LogP contribution in [0.15, 0.2) is 0 Å². The molecule has 0 spiro atoms. The van der Waals surface area contributed by atoms with E-state index >= 15 is 0 Å². The van der Waals surface area contributed by atoms with Gasteiger partial charge in [-0.3, -0.25) is 0 Å². The molecular formula is C12H23FN2. The third-order valence-corrected chi connectivity index (χ3v) is 4.18. The van der Waals surface area contributed by atoms with Crippen molar-refractivity contribution in [2.24, 2.45) is 23.5 Å². The van der Waals surface area contributed by atoms with Crippen LogP contribution in [0.3, 0.4) is 0 Å². The van der Waals surface area contributed by atoms with E-state index in [9.17, 15) is 4.39 Å². The Bertz CT molecular complexity index is 212. The summed E-state index contributed by atoms with van der Waals surface area (Å²) in [7, 11) is 2.15. The molecule has 2 unspecified atom stereocenters. The zero-order chi connectivity index (χ0) is 11.1. The predicted octanol–water partition coefficient (Wildman–Crippen LogP) is 1.65. The largest absolute Gasteiger partial charge is 0.330 e. The number of nitrogens with zero attached hydrogens (tertiary/aromatic N) is 1. The molecule has 2 rings (SSSR count). The zero-order valence-electron chi connectivity index (χ0n) is 9.88. The second-order valence-corrected chi connectivity index (χ2v) is 5.80. The lowest BCUT2D eigenvalue weighted by molar-refractivity contribution is -0.0444. The van der Waals surface area contributed by atoms with Crippen LogP contribution in [-0.4, -0.2) is 37.3 Å². The molecule has 2 fully saturated rings. The Morgan fingerprint density at radius 1 is 1.33 bits per heavy atom. The first-order valence-electron chi connectivity index (χ1n) is 6.09. The van der Waals surface area contributed by atoms with Crippen molar-refractivity contribution in [3.8, 4) is 0 Å². The lowest BCUT2D eigenvalue weighted by Gasteiger charge is -2.50. The number of rotatable bonds is 2. The first-order valence-corrected chi connectivity index (χ1v) is 6.09. The summed E-state index contributed by atoms with van der Waals surface area (Å²) in [4.78, 5) is 2.36. The van der Waals surface area contributed by atoms with Crippen LogP contribution in [-0.2, 0) is 0 Å². The Morgan fingerprint density at radius 2 is 1.87 bits per heavy atom. The number of piperidine rings is 1. The van der Waals surface area contributed by atoms with Crippen molar-refractivity contribution >= 4 is 0 Å². The van der Waals surface area contributed by atoms with Crippen molar-refractivity contribution in [1.29, 1.82) is 0 Å². The third kappa shape index (κ3) is 2.34. The van der Waals surface area contributed by atoms with Gasteiger partial charge >= 0.3 is 0 Å². The fourth-order valence-corrected chi connectivity index (χ4v) is 3.80. The highest BCUT2D eigenvalue weighted by Crippen LogP contribution is 2.46. The molecule has 1 saturated carbocycles. The fourth-order valence-electron chi connectivity index (χ4n) is 3.80. The van der Waals surface area contributed by atoms with Crippen molar-refractivity contribution in [2.75, 3.05) is 26.7 Å². The minimum atomic E-state index is -0.929. The Hall–Kier alpha value is -0.150. The molecule has 0 amide bonds. The molecule has 0 aromatic rings. The van der Waals surface area contributed by atoms with E-state index < -0.39 is 5.67 Å². The molecule has 88 valence electrons.